The van der Waals surface area contributed by atoms with Crippen molar-refractivity contribution in [2.45, 2.75) is 13.8 Å². The molecule has 0 fully saturated rings. The van der Waals surface area contributed by atoms with Gasteiger partial charge in [0, 0.05) is 13.1 Å². The first-order valence-electron chi connectivity index (χ1n) is 4.78. The Morgan fingerprint density at radius 1 is 1.21 bits per heavy atom. The monoisotopic (exact) mass is 191 g/mol. The van der Waals surface area contributed by atoms with Gasteiger partial charge in [-0.1, -0.05) is 44.2 Å². The Hall–Kier alpha value is -1.57. The summed E-state index contributed by atoms with van der Waals surface area (Å²) in [5, 5.41) is 2.51. The van der Waals surface area contributed by atoms with Crippen LogP contribution in [0.1, 0.15) is 19.4 Å². The lowest BCUT2D eigenvalue weighted by Crippen LogP contribution is -2.13. The summed E-state index contributed by atoms with van der Waals surface area (Å²) in [6.45, 7) is 4.00. The van der Waals surface area contributed by atoms with Gasteiger partial charge in [-0.2, -0.15) is 0 Å². The van der Waals surface area contributed by atoms with E-state index in [1.165, 1.54) is 6.08 Å². The first-order valence-corrected chi connectivity index (χ1v) is 4.78. The number of benzene rings is 1. The predicted molar refractivity (Wildman–Crippen MR) is 60.9 cm³/mol. The van der Waals surface area contributed by atoms with Gasteiger partial charge >= 0.3 is 0 Å². The quantitative estimate of drug-likeness (QED) is 0.715. The average Bonchev–Trinajstić information content (AvgIpc) is 2.30. The molecule has 0 bridgehead atoms. The van der Waals surface area contributed by atoms with Crippen LogP contribution >= 0.6 is 0 Å². The van der Waals surface area contributed by atoms with Gasteiger partial charge in [0.15, 0.2) is 0 Å². The number of carbonyl (C=O) groups excluding carboxylic acids is 1. The largest absolute Gasteiger partial charge is 0.356 e. The molecule has 0 aliphatic rings. The van der Waals surface area contributed by atoms with Crippen LogP contribution < -0.4 is 5.32 Å². The summed E-state index contributed by atoms with van der Waals surface area (Å²) < 4.78 is 0. The van der Waals surface area contributed by atoms with E-state index in [0.29, 0.717) is 0 Å². The molecular formula is C12H17NO. The normalized spacial score (nSPS) is 9.07. The first-order chi connectivity index (χ1) is 6.83. The maximum atomic E-state index is 10.8. The summed E-state index contributed by atoms with van der Waals surface area (Å²) >= 11 is 0. The number of amides is 1. The number of rotatable bonds is 2. The van der Waals surface area contributed by atoms with Crippen LogP contribution in [0.3, 0.4) is 0 Å². The molecule has 0 saturated heterocycles. The van der Waals surface area contributed by atoms with Gasteiger partial charge in [0.1, 0.15) is 0 Å². The number of nitrogens with one attached hydrogen (secondary N) is 1. The van der Waals surface area contributed by atoms with E-state index in [1.54, 1.807) is 13.1 Å². The standard InChI is InChI=1S/C10H11NO.C2H6/c1-11-10(12)8-7-9-5-3-2-4-6-9;1-2/h2-8H,1H3,(H,11,12);1-2H3/b8-7+;. The summed E-state index contributed by atoms with van der Waals surface area (Å²) in [6, 6.07) is 9.70. The number of likely N-dealkylation sites (N-methyl/N-ethyl adjacent to an activating group) is 1. The molecular weight excluding hydrogens is 174 g/mol. The third-order valence-corrected chi connectivity index (χ3v) is 1.47. The van der Waals surface area contributed by atoms with E-state index in [-0.39, 0.29) is 5.91 Å². The van der Waals surface area contributed by atoms with E-state index in [9.17, 15) is 4.79 Å². The molecule has 1 aromatic rings. The van der Waals surface area contributed by atoms with Gasteiger partial charge in [-0.15, -0.1) is 0 Å². The molecule has 2 nitrogen and oxygen atoms in total. The van der Waals surface area contributed by atoms with Crippen LogP contribution in [0, 0.1) is 0 Å². The third-order valence-electron chi connectivity index (χ3n) is 1.47. The van der Waals surface area contributed by atoms with Crippen molar-refractivity contribution in [3.8, 4) is 0 Å². The zero-order valence-electron chi connectivity index (χ0n) is 8.95. The minimum absolute atomic E-state index is 0.0844. The highest BCUT2D eigenvalue weighted by Crippen LogP contribution is 1.99. The smallest absolute Gasteiger partial charge is 0.243 e. The third kappa shape index (κ3) is 5.14. The predicted octanol–water partition coefficient (Wildman–Crippen LogP) is 2.47. The zero-order chi connectivity index (χ0) is 10.8. The molecule has 76 valence electrons. The molecule has 0 heterocycles. The summed E-state index contributed by atoms with van der Waals surface area (Å²) in [5.74, 6) is -0.0844. The Morgan fingerprint density at radius 3 is 2.29 bits per heavy atom. The van der Waals surface area contributed by atoms with Crippen LogP contribution in [0.4, 0.5) is 0 Å². The maximum absolute atomic E-state index is 10.8. The van der Waals surface area contributed by atoms with Crippen LogP contribution in [0.15, 0.2) is 36.4 Å². The molecule has 1 N–H and O–H groups in total. The molecule has 2 heteroatoms. The molecule has 0 spiro atoms. The molecule has 0 radical (unpaired) electrons. The van der Waals surface area contributed by atoms with Crippen molar-refractivity contribution in [2.75, 3.05) is 7.05 Å². The van der Waals surface area contributed by atoms with Gasteiger partial charge < -0.3 is 5.32 Å². The second-order valence-electron chi connectivity index (χ2n) is 2.36. The molecule has 14 heavy (non-hydrogen) atoms. The lowest BCUT2D eigenvalue weighted by atomic mass is 10.2. The molecule has 0 aliphatic carbocycles. The van der Waals surface area contributed by atoms with Crippen LogP contribution in [-0.4, -0.2) is 13.0 Å². The van der Waals surface area contributed by atoms with Crippen molar-refractivity contribution in [1.29, 1.82) is 0 Å². The van der Waals surface area contributed by atoms with Crippen molar-refractivity contribution in [2.24, 2.45) is 0 Å². The van der Waals surface area contributed by atoms with E-state index >= 15 is 0 Å². The second-order valence-corrected chi connectivity index (χ2v) is 2.36. The highest BCUT2D eigenvalue weighted by atomic mass is 16.1. The molecule has 1 amide bonds. The minimum atomic E-state index is -0.0844. The zero-order valence-corrected chi connectivity index (χ0v) is 8.95. The molecule has 0 aliphatic heterocycles. The van der Waals surface area contributed by atoms with Crippen molar-refractivity contribution in [1.82, 2.24) is 5.32 Å². The highest BCUT2D eigenvalue weighted by molar-refractivity contribution is 5.91. The summed E-state index contributed by atoms with van der Waals surface area (Å²) in [6.07, 6.45) is 3.29. The second kappa shape index (κ2) is 8.05. The highest BCUT2D eigenvalue weighted by Gasteiger charge is 1.87. The number of hydrogen-bond donors (Lipinski definition) is 1. The number of carbonyl (C=O) groups is 1. The van der Waals surface area contributed by atoms with Gasteiger partial charge in [0.25, 0.3) is 0 Å². The van der Waals surface area contributed by atoms with Crippen LogP contribution in [0.5, 0.6) is 0 Å². The SMILES string of the molecule is CC.CNC(=O)/C=C/c1ccccc1. The molecule has 0 unspecified atom stereocenters. The lowest BCUT2D eigenvalue weighted by molar-refractivity contribution is -0.115. The van der Waals surface area contributed by atoms with E-state index in [2.05, 4.69) is 5.32 Å². The topological polar surface area (TPSA) is 29.1 Å². The Morgan fingerprint density at radius 2 is 1.79 bits per heavy atom. The molecule has 0 aromatic heterocycles. The van der Waals surface area contributed by atoms with Crippen molar-refractivity contribution < 1.29 is 4.79 Å². The van der Waals surface area contributed by atoms with Gasteiger partial charge in [0.05, 0.1) is 0 Å². The summed E-state index contributed by atoms with van der Waals surface area (Å²) in [7, 11) is 1.61. The van der Waals surface area contributed by atoms with Gasteiger partial charge in [-0.25, -0.2) is 0 Å². The summed E-state index contributed by atoms with van der Waals surface area (Å²) in [4.78, 5) is 10.8. The van der Waals surface area contributed by atoms with Gasteiger partial charge in [0.2, 0.25) is 5.91 Å². The first kappa shape index (κ1) is 12.4. The molecule has 1 aromatic carbocycles. The van der Waals surface area contributed by atoms with E-state index in [0.717, 1.165) is 5.56 Å². The van der Waals surface area contributed by atoms with E-state index in [4.69, 9.17) is 0 Å². The molecule has 0 saturated carbocycles. The Labute approximate surface area is 85.6 Å². The van der Waals surface area contributed by atoms with E-state index < -0.39 is 0 Å². The van der Waals surface area contributed by atoms with Gasteiger partial charge in [-0.05, 0) is 11.6 Å². The summed E-state index contributed by atoms with van der Waals surface area (Å²) in [5.41, 5.74) is 1.03. The lowest BCUT2D eigenvalue weighted by Gasteiger charge is -1.91. The van der Waals surface area contributed by atoms with Crippen LogP contribution in [0.25, 0.3) is 6.08 Å². The Balaban J connectivity index is 0.000000791. The fraction of sp³-hybridized carbons (Fsp3) is 0.250. The Bertz CT molecular complexity index is 278. The maximum Gasteiger partial charge on any atom is 0.243 e. The van der Waals surface area contributed by atoms with Gasteiger partial charge in [-0.3, -0.25) is 4.79 Å². The van der Waals surface area contributed by atoms with Crippen molar-refractivity contribution >= 4 is 12.0 Å². The number of hydrogen-bond acceptors (Lipinski definition) is 1. The fourth-order valence-corrected chi connectivity index (χ4v) is 0.819. The fourth-order valence-electron chi connectivity index (χ4n) is 0.819. The minimum Gasteiger partial charge on any atom is -0.356 e. The Kier molecular flexibility index (Phi) is 7.15. The van der Waals surface area contributed by atoms with Crippen molar-refractivity contribution in [3.05, 3.63) is 42.0 Å². The average molecular weight is 191 g/mol. The van der Waals surface area contributed by atoms with Crippen LogP contribution in [-0.2, 0) is 4.79 Å². The van der Waals surface area contributed by atoms with Crippen LogP contribution in [0.2, 0.25) is 0 Å². The molecule has 0 atom stereocenters. The van der Waals surface area contributed by atoms with Crippen molar-refractivity contribution in [3.63, 3.8) is 0 Å². The molecule has 1 rings (SSSR count). The van der Waals surface area contributed by atoms with E-state index in [1.807, 2.05) is 44.2 Å².